The molecule has 0 aromatic carbocycles. The lowest BCUT2D eigenvalue weighted by Gasteiger charge is -2.41. The summed E-state index contributed by atoms with van der Waals surface area (Å²) in [6.07, 6.45) is 2.71. The Bertz CT molecular complexity index is 293. The molecule has 3 heteroatoms. The third-order valence-corrected chi connectivity index (χ3v) is 3.26. The molecule has 3 nitrogen and oxygen atoms in total. The highest BCUT2D eigenvalue weighted by molar-refractivity contribution is 5.13. The fourth-order valence-corrected chi connectivity index (χ4v) is 2.43. The molecule has 15 heavy (non-hydrogen) atoms. The SMILES string of the molecule is CCO[C@]1(c2ccco2)CCNC[C@@H]1C. The summed E-state index contributed by atoms with van der Waals surface area (Å²) >= 11 is 0. The molecule has 1 saturated heterocycles. The van der Waals surface area contributed by atoms with Gasteiger partial charge in [-0.25, -0.2) is 0 Å². The highest BCUT2D eigenvalue weighted by Gasteiger charge is 2.42. The minimum absolute atomic E-state index is 0.219. The summed E-state index contributed by atoms with van der Waals surface area (Å²) in [6, 6.07) is 3.96. The van der Waals surface area contributed by atoms with Crippen molar-refractivity contribution in [2.24, 2.45) is 5.92 Å². The average molecular weight is 209 g/mol. The fraction of sp³-hybridized carbons (Fsp3) is 0.667. The van der Waals surface area contributed by atoms with Gasteiger partial charge in [0.1, 0.15) is 11.4 Å². The van der Waals surface area contributed by atoms with Gasteiger partial charge in [0, 0.05) is 19.1 Å². The Morgan fingerprint density at radius 1 is 1.67 bits per heavy atom. The largest absolute Gasteiger partial charge is 0.466 e. The van der Waals surface area contributed by atoms with Crippen LogP contribution in [0.3, 0.4) is 0 Å². The van der Waals surface area contributed by atoms with Gasteiger partial charge in [0.15, 0.2) is 0 Å². The van der Waals surface area contributed by atoms with Crippen LogP contribution in [0.2, 0.25) is 0 Å². The van der Waals surface area contributed by atoms with Gasteiger partial charge in [-0.1, -0.05) is 6.92 Å². The highest BCUT2D eigenvalue weighted by Crippen LogP contribution is 2.38. The van der Waals surface area contributed by atoms with Gasteiger partial charge in [0.2, 0.25) is 0 Å². The first-order valence-electron chi connectivity index (χ1n) is 5.68. The van der Waals surface area contributed by atoms with E-state index >= 15 is 0 Å². The van der Waals surface area contributed by atoms with E-state index in [4.69, 9.17) is 9.15 Å². The number of hydrogen-bond acceptors (Lipinski definition) is 3. The molecule has 0 bridgehead atoms. The maximum absolute atomic E-state index is 5.99. The van der Waals surface area contributed by atoms with Crippen LogP contribution in [0.15, 0.2) is 22.8 Å². The molecule has 0 radical (unpaired) electrons. The van der Waals surface area contributed by atoms with Crippen LogP contribution in [0.25, 0.3) is 0 Å². The fourth-order valence-electron chi connectivity index (χ4n) is 2.43. The first-order chi connectivity index (χ1) is 7.29. The second kappa shape index (κ2) is 4.37. The number of furan rings is 1. The molecule has 1 aliphatic rings. The minimum Gasteiger partial charge on any atom is -0.466 e. The summed E-state index contributed by atoms with van der Waals surface area (Å²) < 4.78 is 11.5. The third-order valence-electron chi connectivity index (χ3n) is 3.26. The van der Waals surface area contributed by atoms with Crippen LogP contribution in [0.4, 0.5) is 0 Å². The molecule has 0 aliphatic carbocycles. The standard InChI is InChI=1S/C12H19NO2/c1-3-15-12(11-5-4-8-14-11)6-7-13-9-10(12)2/h4-5,8,10,13H,3,6-7,9H2,1-2H3/t10-,12+/m0/s1. The van der Waals surface area contributed by atoms with E-state index in [2.05, 4.69) is 12.2 Å². The van der Waals surface area contributed by atoms with E-state index in [1.807, 2.05) is 19.1 Å². The summed E-state index contributed by atoms with van der Waals surface area (Å²) in [5, 5.41) is 3.39. The normalized spacial score (nSPS) is 31.7. The van der Waals surface area contributed by atoms with Crippen molar-refractivity contribution >= 4 is 0 Å². The Morgan fingerprint density at radius 2 is 2.53 bits per heavy atom. The number of nitrogens with one attached hydrogen (secondary N) is 1. The molecule has 1 aromatic rings. The maximum Gasteiger partial charge on any atom is 0.135 e. The summed E-state index contributed by atoms with van der Waals surface area (Å²) in [4.78, 5) is 0. The predicted molar refractivity (Wildman–Crippen MR) is 58.7 cm³/mol. The number of piperidine rings is 1. The molecule has 1 N–H and O–H groups in total. The van der Waals surface area contributed by atoms with Crippen LogP contribution in [-0.2, 0) is 10.3 Å². The van der Waals surface area contributed by atoms with Crippen LogP contribution < -0.4 is 5.32 Å². The van der Waals surface area contributed by atoms with Crippen molar-refractivity contribution in [1.29, 1.82) is 0 Å². The Morgan fingerprint density at radius 3 is 3.13 bits per heavy atom. The van der Waals surface area contributed by atoms with Gasteiger partial charge in [-0.15, -0.1) is 0 Å². The van der Waals surface area contributed by atoms with Crippen LogP contribution in [-0.4, -0.2) is 19.7 Å². The minimum atomic E-state index is -0.219. The number of hydrogen-bond donors (Lipinski definition) is 1. The van der Waals surface area contributed by atoms with Gasteiger partial charge in [0.05, 0.1) is 6.26 Å². The molecule has 0 spiro atoms. The van der Waals surface area contributed by atoms with Crippen molar-refractivity contribution in [1.82, 2.24) is 5.32 Å². The van der Waals surface area contributed by atoms with Gasteiger partial charge in [-0.2, -0.15) is 0 Å². The highest BCUT2D eigenvalue weighted by atomic mass is 16.5. The lowest BCUT2D eigenvalue weighted by molar-refractivity contribution is -0.113. The second-order valence-corrected chi connectivity index (χ2v) is 4.15. The lowest BCUT2D eigenvalue weighted by atomic mass is 9.80. The third kappa shape index (κ3) is 1.82. The Labute approximate surface area is 90.8 Å². The van der Waals surface area contributed by atoms with Crippen LogP contribution in [0.5, 0.6) is 0 Å². The summed E-state index contributed by atoms with van der Waals surface area (Å²) in [7, 11) is 0. The lowest BCUT2D eigenvalue weighted by Crippen LogP contribution is -2.48. The van der Waals surface area contributed by atoms with Crippen molar-refractivity contribution < 1.29 is 9.15 Å². The predicted octanol–water partition coefficient (Wildman–Crippen LogP) is 2.14. The van der Waals surface area contributed by atoms with E-state index in [0.29, 0.717) is 5.92 Å². The zero-order chi connectivity index (χ0) is 10.7. The smallest absolute Gasteiger partial charge is 0.135 e. The zero-order valence-corrected chi connectivity index (χ0v) is 9.45. The first-order valence-corrected chi connectivity index (χ1v) is 5.68. The van der Waals surface area contributed by atoms with E-state index in [9.17, 15) is 0 Å². The summed E-state index contributed by atoms with van der Waals surface area (Å²) in [5.74, 6) is 1.41. The quantitative estimate of drug-likeness (QED) is 0.828. The van der Waals surface area contributed by atoms with Crippen molar-refractivity contribution in [2.75, 3.05) is 19.7 Å². The van der Waals surface area contributed by atoms with E-state index in [1.54, 1.807) is 6.26 Å². The number of rotatable bonds is 3. The molecule has 1 aliphatic heterocycles. The van der Waals surface area contributed by atoms with Crippen LogP contribution in [0.1, 0.15) is 26.0 Å². The molecule has 1 aromatic heterocycles. The van der Waals surface area contributed by atoms with Gasteiger partial charge in [0.25, 0.3) is 0 Å². The molecular weight excluding hydrogens is 190 g/mol. The topological polar surface area (TPSA) is 34.4 Å². The van der Waals surface area contributed by atoms with Gasteiger partial charge >= 0.3 is 0 Å². The van der Waals surface area contributed by atoms with Crippen molar-refractivity contribution in [3.05, 3.63) is 24.2 Å². The van der Waals surface area contributed by atoms with E-state index in [-0.39, 0.29) is 5.60 Å². The molecule has 2 heterocycles. The van der Waals surface area contributed by atoms with Gasteiger partial charge < -0.3 is 14.5 Å². The van der Waals surface area contributed by atoms with E-state index in [1.165, 1.54) is 0 Å². The van der Waals surface area contributed by atoms with Crippen molar-refractivity contribution in [3.63, 3.8) is 0 Å². The van der Waals surface area contributed by atoms with Crippen molar-refractivity contribution in [3.8, 4) is 0 Å². The van der Waals surface area contributed by atoms with Crippen LogP contribution in [0, 0.1) is 5.92 Å². The van der Waals surface area contributed by atoms with Gasteiger partial charge in [-0.05, 0) is 32.0 Å². The average Bonchev–Trinajstić information content (AvgIpc) is 2.75. The summed E-state index contributed by atoms with van der Waals surface area (Å²) in [6.45, 7) is 6.96. The first kappa shape index (κ1) is 10.7. The van der Waals surface area contributed by atoms with Crippen molar-refractivity contribution in [2.45, 2.75) is 25.9 Å². The molecular formula is C12H19NO2. The van der Waals surface area contributed by atoms with E-state index < -0.39 is 0 Å². The monoisotopic (exact) mass is 209 g/mol. The van der Waals surface area contributed by atoms with Crippen LogP contribution >= 0.6 is 0 Å². The molecule has 1 fully saturated rings. The Balaban J connectivity index is 2.30. The molecule has 0 saturated carbocycles. The summed E-state index contributed by atoms with van der Waals surface area (Å²) in [5.41, 5.74) is -0.219. The Kier molecular flexibility index (Phi) is 3.12. The molecule has 84 valence electrons. The van der Waals surface area contributed by atoms with E-state index in [0.717, 1.165) is 31.9 Å². The molecule has 2 rings (SSSR count). The second-order valence-electron chi connectivity index (χ2n) is 4.15. The maximum atomic E-state index is 5.99. The molecule has 2 atom stereocenters. The Hall–Kier alpha value is -0.800. The number of ether oxygens (including phenoxy) is 1. The molecule has 0 amide bonds. The zero-order valence-electron chi connectivity index (χ0n) is 9.45. The molecule has 0 unspecified atom stereocenters. The van der Waals surface area contributed by atoms with Gasteiger partial charge in [-0.3, -0.25) is 0 Å².